The zero-order valence-corrected chi connectivity index (χ0v) is 22.8. The Morgan fingerprint density at radius 1 is 1.07 bits per heavy atom. The van der Waals surface area contributed by atoms with Crippen LogP contribution in [0, 0.1) is 5.21 Å². The molecule has 2 heterocycles. The largest absolute Gasteiger partial charge is 0.466 e. The third-order valence-electron chi connectivity index (χ3n) is 5.67. The molecule has 0 saturated heterocycles. The number of ether oxygens (including phenoxy) is 4. The number of unbranched alkanes of at least 4 members (excludes halogenated alkanes) is 1. The molecule has 4 rings (SSSR count). The van der Waals surface area contributed by atoms with Crippen molar-refractivity contribution < 1.29 is 51.3 Å². The first kappa shape index (κ1) is 29.3. The van der Waals surface area contributed by atoms with Gasteiger partial charge in [-0.2, -0.15) is 0 Å². The summed E-state index contributed by atoms with van der Waals surface area (Å²) in [6.45, 7) is 1.73. The minimum absolute atomic E-state index is 0.106. The van der Waals surface area contributed by atoms with Crippen LogP contribution < -0.4 is 19.1 Å². The lowest BCUT2D eigenvalue weighted by Gasteiger charge is -2.07. The Labute approximate surface area is 234 Å². The van der Waals surface area contributed by atoms with E-state index < -0.39 is 32.7 Å². The summed E-state index contributed by atoms with van der Waals surface area (Å²) < 4.78 is 51.0. The standard InChI is InChI=1S/C27H26N2O11S/c1-2-3-10-22-25(32)20-17-18(11-12-21(20)39-22)38-24(31)14-13-23(30)36-15-7-16-37-26-27(29(33)40-28-26)41(34,35)19-8-5-4-6-9-19/h4-6,8-12,17H,2-3,7,13-16H2,1H3/b22-10+. The van der Waals surface area contributed by atoms with E-state index in [0.29, 0.717) is 17.7 Å². The average Bonchev–Trinajstić information content (AvgIpc) is 3.50. The molecule has 13 nitrogen and oxygen atoms in total. The maximum atomic E-state index is 12.7. The Bertz CT molecular complexity index is 1560. The van der Waals surface area contributed by atoms with Crippen LogP contribution in [0.2, 0.25) is 0 Å². The molecule has 0 aliphatic carbocycles. The fourth-order valence-electron chi connectivity index (χ4n) is 3.66. The van der Waals surface area contributed by atoms with E-state index >= 15 is 0 Å². The molecular weight excluding hydrogens is 560 g/mol. The smallest absolute Gasteiger partial charge is 0.414 e. The number of allylic oxidation sites excluding steroid dienone is 2. The van der Waals surface area contributed by atoms with E-state index in [9.17, 15) is 28.0 Å². The van der Waals surface area contributed by atoms with Crippen LogP contribution in [0.25, 0.3) is 0 Å². The van der Waals surface area contributed by atoms with Gasteiger partial charge in [0.1, 0.15) is 11.5 Å². The lowest BCUT2D eigenvalue weighted by molar-refractivity contribution is -0.832. The monoisotopic (exact) mass is 586 g/mol. The SMILES string of the molecule is CCC/C=C1/Oc2ccc(OC(=O)CCC(=O)OCCCOc3no[n+]([O-])c3S(=O)(=O)c3ccccc3)cc2C1=O. The zero-order valence-electron chi connectivity index (χ0n) is 21.9. The van der Waals surface area contributed by atoms with Crippen LogP contribution in [-0.2, 0) is 24.2 Å². The highest BCUT2D eigenvalue weighted by Gasteiger charge is 2.35. The van der Waals surface area contributed by atoms with E-state index in [2.05, 4.69) is 9.79 Å². The summed E-state index contributed by atoms with van der Waals surface area (Å²) in [4.78, 5) is 36.2. The molecule has 1 aromatic heterocycles. The van der Waals surface area contributed by atoms with Gasteiger partial charge in [-0.25, -0.2) is 8.42 Å². The summed E-state index contributed by atoms with van der Waals surface area (Å²) in [6.07, 6.45) is 2.89. The van der Waals surface area contributed by atoms with Crippen LogP contribution in [0.15, 0.2) is 74.9 Å². The van der Waals surface area contributed by atoms with Crippen molar-refractivity contribution in [2.75, 3.05) is 13.2 Å². The Hall–Kier alpha value is -4.72. The minimum atomic E-state index is -4.25. The second kappa shape index (κ2) is 13.1. The maximum absolute atomic E-state index is 12.7. The molecule has 1 aliphatic heterocycles. The first-order chi connectivity index (χ1) is 19.7. The van der Waals surface area contributed by atoms with Gasteiger partial charge in [0.15, 0.2) is 5.76 Å². The van der Waals surface area contributed by atoms with E-state index in [1.54, 1.807) is 12.1 Å². The van der Waals surface area contributed by atoms with E-state index in [1.807, 2.05) is 6.92 Å². The quantitative estimate of drug-likeness (QED) is 0.0942. The molecule has 0 amide bonds. The molecule has 0 fully saturated rings. The zero-order chi connectivity index (χ0) is 29.4. The number of hydrogen-bond donors (Lipinski definition) is 0. The third kappa shape index (κ3) is 7.08. The maximum Gasteiger partial charge on any atom is 0.414 e. The molecule has 216 valence electrons. The molecule has 1 aliphatic rings. The van der Waals surface area contributed by atoms with Gasteiger partial charge in [0.05, 0.1) is 41.7 Å². The molecule has 0 atom stereocenters. The van der Waals surface area contributed by atoms with Crippen LogP contribution in [0.4, 0.5) is 0 Å². The lowest BCUT2D eigenvalue weighted by atomic mass is 10.1. The van der Waals surface area contributed by atoms with E-state index in [4.69, 9.17) is 18.9 Å². The third-order valence-corrected chi connectivity index (χ3v) is 7.39. The Kier molecular flexibility index (Phi) is 9.34. The topological polar surface area (TPSA) is 175 Å². The molecule has 14 heteroatoms. The molecule has 2 aromatic carbocycles. The van der Waals surface area contributed by atoms with Crippen molar-refractivity contribution in [3.05, 3.63) is 71.1 Å². The summed E-state index contributed by atoms with van der Waals surface area (Å²) in [5.41, 5.74) is 0.291. The molecule has 3 aromatic rings. The number of carbonyl (C=O) groups is 3. The van der Waals surface area contributed by atoms with Crippen molar-refractivity contribution in [2.24, 2.45) is 0 Å². The minimum Gasteiger partial charge on any atom is -0.466 e. The van der Waals surface area contributed by atoms with Crippen molar-refractivity contribution in [1.82, 2.24) is 5.16 Å². The number of esters is 2. The number of sulfone groups is 1. The predicted molar refractivity (Wildman–Crippen MR) is 138 cm³/mol. The van der Waals surface area contributed by atoms with Gasteiger partial charge in [0, 0.05) is 6.42 Å². The molecule has 0 spiro atoms. The predicted octanol–water partition coefficient (Wildman–Crippen LogP) is 3.10. The number of nitrogens with zero attached hydrogens (tertiary/aromatic N) is 2. The van der Waals surface area contributed by atoms with Gasteiger partial charge in [-0.3, -0.25) is 19.0 Å². The number of ketones is 1. The Morgan fingerprint density at radius 3 is 2.59 bits per heavy atom. The summed E-state index contributed by atoms with van der Waals surface area (Å²) >= 11 is 0. The summed E-state index contributed by atoms with van der Waals surface area (Å²) in [5, 5.41) is 14.4. The highest BCUT2D eigenvalue weighted by molar-refractivity contribution is 7.91. The number of hydrogen-bond acceptors (Lipinski definition) is 12. The highest BCUT2D eigenvalue weighted by Crippen LogP contribution is 2.34. The summed E-state index contributed by atoms with van der Waals surface area (Å²) in [6, 6.07) is 11.7. The summed E-state index contributed by atoms with van der Waals surface area (Å²) in [5.74, 6) is -1.40. The molecule has 0 bridgehead atoms. The van der Waals surface area contributed by atoms with Gasteiger partial charge >= 0.3 is 22.8 Å². The highest BCUT2D eigenvalue weighted by atomic mass is 32.2. The van der Waals surface area contributed by atoms with E-state index in [0.717, 1.165) is 6.42 Å². The van der Waals surface area contributed by atoms with Crippen molar-refractivity contribution >= 4 is 27.6 Å². The van der Waals surface area contributed by atoms with Gasteiger partial charge in [-0.15, -0.1) is 0 Å². The molecule has 0 radical (unpaired) electrons. The van der Waals surface area contributed by atoms with Crippen LogP contribution >= 0.6 is 0 Å². The van der Waals surface area contributed by atoms with Crippen molar-refractivity contribution in [3.8, 4) is 17.4 Å². The van der Waals surface area contributed by atoms with Crippen LogP contribution in [0.5, 0.6) is 17.4 Å². The second-order valence-corrected chi connectivity index (χ2v) is 10.6. The molecule has 0 unspecified atom stereocenters. The number of fused-ring (bicyclic) bond motifs is 1. The molecule has 0 saturated carbocycles. The molecular formula is C27H26N2O11S. The van der Waals surface area contributed by atoms with Crippen molar-refractivity contribution in [1.29, 1.82) is 0 Å². The Balaban J connectivity index is 1.18. The number of carbonyl (C=O) groups excluding carboxylic acids is 3. The lowest BCUT2D eigenvalue weighted by Crippen LogP contribution is -2.31. The van der Waals surface area contributed by atoms with E-state index in [-0.39, 0.29) is 59.6 Å². The summed E-state index contributed by atoms with van der Waals surface area (Å²) in [7, 11) is -4.25. The number of Topliss-reactive ketones (excluding diaryl/α,β-unsaturated/α-hetero) is 1. The Morgan fingerprint density at radius 2 is 1.83 bits per heavy atom. The normalized spacial score (nSPS) is 13.5. The van der Waals surface area contributed by atoms with Crippen molar-refractivity contribution in [3.63, 3.8) is 0 Å². The number of benzene rings is 2. The number of rotatable bonds is 13. The van der Waals surface area contributed by atoms with Crippen LogP contribution in [0.1, 0.15) is 49.4 Å². The van der Waals surface area contributed by atoms with Crippen LogP contribution in [0.3, 0.4) is 0 Å². The van der Waals surface area contributed by atoms with Gasteiger partial charge in [0.25, 0.3) is 9.84 Å². The van der Waals surface area contributed by atoms with Crippen LogP contribution in [-0.4, -0.2) is 44.5 Å². The first-order valence-electron chi connectivity index (χ1n) is 12.7. The van der Waals surface area contributed by atoms with Gasteiger partial charge < -0.3 is 24.2 Å². The average molecular weight is 587 g/mol. The van der Waals surface area contributed by atoms with E-state index in [1.165, 1.54) is 42.5 Å². The first-order valence-corrected chi connectivity index (χ1v) is 14.1. The molecule has 41 heavy (non-hydrogen) atoms. The number of aromatic nitrogens is 2. The van der Waals surface area contributed by atoms with Gasteiger partial charge in [-0.05, 0) is 47.7 Å². The second-order valence-electron chi connectivity index (χ2n) is 8.70. The molecule has 0 N–H and O–H groups in total. The fourth-order valence-corrected chi connectivity index (χ4v) is 4.95. The fraction of sp³-hybridized carbons (Fsp3) is 0.296. The van der Waals surface area contributed by atoms with Gasteiger partial charge in [-0.1, -0.05) is 31.5 Å². The van der Waals surface area contributed by atoms with Gasteiger partial charge in [0.2, 0.25) is 5.78 Å². The van der Waals surface area contributed by atoms with Crippen molar-refractivity contribution in [2.45, 2.75) is 48.9 Å².